The lowest BCUT2D eigenvalue weighted by Gasteiger charge is -2.28. The van der Waals surface area contributed by atoms with E-state index in [1.54, 1.807) is 12.3 Å². The zero-order valence-electron chi connectivity index (χ0n) is 12.9. The van der Waals surface area contributed by atoms with Crippen molar-refractivity contribution in [1.29, 1.82) is 0 Å². The standard InChI is InChI=1S/C16H25FN4/c1-3-18-16(21-13-8-6-12(2)7-9-13)20-11-15-14(17)5-4-10-19-15/h4-5,10,12-13H,3,6-9,11H2,1-2H3,(H2,18,20,21). The Labute approximate surface area is 126 Å². The summed E-state index contributed by atoms with van der Waals surface area (Å²) in [5.74, 6) is 1.27. The van der Waals surface area contributed by atoms with Crippen LogP contribution in [0.15, 0.2) is 23.3 Å². The third-order valence-corrected chi connectivity index (χ3v) is 3.92. The molecule has 1 fully saturated rings. The normalized spacial score (nSPS) is 22.9. The van der Waals surface area contributed by atoms with Crippen LogP contribution in [-0.4, -0.2) is 23.5 Å². The fraction of sp³-hybridized carbons (Fsp3) is 0.625. The molecule has 0 radical (unpaired) electrons. The molecule has 0 spiro atoms. The maximum atomic E-state index is 13.6. The van der Waals surface area contributed by atoms with Crippen molar-refractivity contribution in [2.24, 2.45) is 10.9 Å². The zero-order valence-corrected chi connectivity index (χ0v) is 12.9. The van der Waals surface area contributed by atoms with Crippen LogP contribution in [0.3, 0.4) is 0 Å². The van der Waals surface area contributed by atoms with Crippen molar-refractivity contribution < 1.29 is 4.39 Å². The molecule has 5 heteroatoms. The van der Waals surface area contributed by atoms with Gasteiger partial charge in [-0.3, -0.25) is 4.98 Å². The number of aliphatic imine (C=N–C) groups is 1. The highest BCUT2D eigenvalue weighted by Crippen LogP contribution is 2.23. The van der Waals surface area contributed by atoms with Crippen molar-refractivity contribution in [1.82, 2.24) is 15.6 Å². The van der Waals surface area contributed by atoms with Crippen LogP contribution in [0.2, 0.25) is 0 Å². The number of nitrogens with one attached hydrogen (secondary N) is 2. The summed E-state index contributed by atoms with van der Waals surface area (Å²) >= 11 is 0. The van der Waals surface area contributed by atoms with E-state index in [0.29, 0.717) is 11.7 Å². The Hall–Kier alpha value is -1.65. The summed E-state index contributed by atoms with van der Waals surface area (Å²) in [7, 11) is 0. The van der Waals surface area contributed by atoms with Gasteiger partial charge in [0.15, 0.2) is 5.96 Å². The van der Waals surface area contributed by atoms with Crippen LogP contribution in [-0.2, 0) is 6.54 Å². The van der Waals surface area contributed by atoms with E-state index in [4.69, 9.17) is 0 Å². The molecule has 1 aromatic rings. The highest BCUT2D eigenvalue weighted by atomic mass is 19.1. The van der Waals surface area contributed by atoms with Crippen molar-refractivity contribution in [2.75, 3.05) is 6.54 Å². The molecule has 2 N–H and O–H groups in total. The molecule has 1 aromatic heterocycles. The number of aromatic nitrogens is 1. The van der Waals surface area contributed by atoms with Gasteiger partial charge in [0.2, 0.25) is 0 Å². The van der Waals surface area contributed by atoms with Crippen LogP contribution >= 0.6 is 0 Å². The Bertz CT molecular complexity index is 467. The highest BCUT2D eigenvalue weighted by Gasteiger charge is 2.18. The molecule has 0 bridgehead atoms. The van der Waals surface area contributed by atoms with E-state index >= 15 is 0 Å². The van der Waals surface area contributed by atoms with Crippen LogP contribution < -0.4 is 10.6 Å². The molecule has 1 aliphatic carbocycles. The first-order chi connectivity index (χ1) is 10.2. The van der Waals surface area contributed by atoms with Gasteiger partial charge in [-0.05, 0) is 50.7 Å². The Morgan fingerprint density at radius 1 is 1.38 bits per heavy atom. The molecule has 1 aliphatic rings. The Morgan fingerprint density at radius 3 is 2.81 bits per heavy atom. The van der Waals surface area contributed by atoms with Crippen LogP contribution in [0.25, 0.3) is 0 Å². The minimum Gasteiger partial charge on any atom is -0.357 e. The Balaban J connectivity index is 1.94. The van der Waals surface area contributed by atoms with Gasteiger partial charge in [0.1, 0.15) is 5.82 Å². The Morgan fingerprint density at radius 2 is 2.14 bits per heavy atom. The maximum Gasteiger partial charge on any atom is 0.191 e. The summed E-state index contributed by atoms with van der Waals surface area (Å²) in [6.45, 7) is 5.38. The SMILES string of the molecule is CCNC(=NCc1ncccc1F)NC1CCC(C)CC1. The molecular weight excluding hydrogens is 267 g/mol. The van der Waals surface area contributed by atoms with E-state index in [-0.39, 0.29) is 12.4 Å². The molecule has 0 atom stereocenters. The average Bonchev–Trinajstić information content (AvgIpc) is 2.49. The molecule has 0 unspecified atom stereocenters. The second kappa shape index (κ2) is 7.96. The largest absolute Gasteiger partial charge is 0.357 e. The first-order valence-electron chi connectivity index (χ1n) is 7.83. The average molecular weight is 292 g/mol. The first kappa shape index (κ1) is 15.7. The highest BCUT2D eigenvalue weighted by molar-refractivity contribution is 5.80. The number of pyridine rings is 1. The Kier molecular flexibility index (Phi) is 5.96. The molecular formula is C16H25FN4. The quantitative estimate of drug-likeness (QED) is 0.663. The lowest BCUT2D eigenvalue weighted by Crippen LogP contribution is -2.44. The van der Waals surface area contributed by atoms with Gasteiger partial charge in [0.05, 0.1) is 12.2 Å². The van der Waals surface area contributed by atoms with Gasteiger partial charge < -0.3 is 10.6 Å². The molecule has 1 heterocycles. The van der Waals surface area contributed by atoms with Crippen LogP contribution in [0, 0.1) is 11.7 Å². The van der Waals surface area contributed by atoms with E-state index < -0.39 is 0 Å². The summed E-state index contributed by atoms with van der Waals surface area (Å²) in [5.41, 5.74) is 0.381. The molecule has 21 heavy (non-hydrogen) atoms. The summed E-state index contributed by atoms with van der Waals surface area (Å²) in [6.07, 6.45) is 6.45. The third kappa shape index (κ3) is 4.99. The zero-order chi connectivity index (χ0) is 15.1. The second-order valence-electron chi connectivity index (χ2n) is 5.73. The smallest absolute Gasteiger partial charge is 0.191 e. The lowest BCUT2D eigenvalue weighted by molar-refractivity contribution is 0.329. The predicted molar refractivity (Wildman–Crippen MR) is 83.6 cm³/mol. The van der Waals surface area contributed by atoms with Crippen molar-refractivity contribution in [3.05, 3.63) is 29.8 Å². The molecule has 4 nitrogen and oxygen atoms in total. The maximum absolute atomic E-state index is 13.6. The van der Waals surface area contributed by atoms with Crippen LogP contribution in [0.1, 0.15) is 45.2 Å². The summed E-state index contributed by atoms with van der Waals surface area (Å²) in [4.78, 5) is 8.48. The van der Waals surface area contributed by atoms with Crippen LogP contribution in [0.4, 0.5) is 4.39 Å². The third-order valence-electron chi connectivity index (χ3n) is 3.92. The fourth-order valence-corrected chi connectivity index (χ4v) is 2.61. The van der Waals surface area contributed by atoms with Crippen LogP contribution in [0.5, 0.6) is 0 Å². The molecule has 2 rings (SSSR count). The minimum absolute atomic E-state index is 0.255. The lowest BCUT2D eigenvalue weighted by atomic mass is 9.87. The summed E-state index contributed by atoms with van der Waals surface area (Å²) < 4.78 is 13.6. The number of hydrogen-bond donors (Lipinski definition) is 2. The van der Waals surface area contributed by atoms with Gasteiger partial charge in [-0.1, -0.05) is 6.92 Å². The topological polar surface area (TPSA) is 49.3 Å². The number of halogens is 1. The van der Waals surface area contributed by atoms with E-state index in [1.807, 2.05) is 6.92 Å². The molecule has 116 valence electrons. The molecule has 1 saturated carbocycles. The predicted octanol–water partition coefficient (Wildman–Crippen LogP) is 2.85. The molecule has 0 aromatic carbocycles. The number of nitrogens with zero attached hydrogens (tertiary/aromatic N) is 2. The minimum atomic E-state index is -0.302. The second-order valence-corrected chi connectivity index (χ2v) is 5.73. The molecule has 0 aliphatic heterocycles. The van der Waals surface area contributed by atoms with E-state index in [9.17, 15) is 4.39 Å². The number of hydrogen-bond acceptors (Lipinski definition) is 2. The van der Waals surface area contributed by atoms with Gasteiger partial charge in [0, 0.05) is 18.8 Å². The van der Waals surface area contributed by atoms with Crippen molar-refractivity contribution in [3.8, 4) is 0 Å². The first-order valence-corrected chi connectivity index (χ1v) is 7.83. The van der Waals surface area contributed by atoms with Crippen molar-refractivity contribution in [3.63, 3.8) is 0 Å². The van der Waals surface area contributed by atoms with Gasteiger partial charge in [-0.15, -0.1) is 0 Å². The number of guanidine groups is 1. The van der Waals surface area contributed by atoms with Gasteiger partial charge in [-0.25, -0.2) is 9.38 Å². The summed E-state index contributed by atoms with van der Waals surface area (Å²) in [5, 5.41) is 6.68. The van der Waals surface area contributed by atoms with Gasteiger partial charge in [-0.2, -0.15) is 0 Å². The van der Waals surface area contributed by atoms with E-state index in [0.717, 1.165) is 18.4 Å². The van der Waals surface area contributed by atoms with Gasteiger partial charge in [0.25, 0.3) is 0 Å². The van der Waals surface area contributed by atoms with E-state index in [2.05, 4.69) is 27.5 Å². The molecule has 0 saturated heterocycles. The van der Waals surface area contributed by atoms with Crippen molar-refractivity contribution in [2.45, 2.75) is 52.1 Å². The monoisotopic (exact) mass is 292 g/mol. The summed E-state index contributed by atoms with van der Waals surface area (Å²) in [6, 6.07) is 3.48. The fourth-order valence-electron chi connectivity index (χ4n) is 2.61. The van der Waals surface area contributed by atoms with Crippen molar-refractivity contribution >= 4 is 5.96 Å². The van der Waals surface area contributed by atoms with Gasteiger partial charge >= 0.3 is 0 Å². The number of rotatable bonds is 4. The van der Waals surface area contributed by atoms with E-state index in [1.165, 1.54) is 31.7 Å². The molecule has 0 amide bonds.